The second-order valence-electron chi connectivity index (χ2n) is 4.18. The predicted octanol–water partition coefficient (Wildman–Crippen LogP) is 3.73. The zero-order valence-corrected chi connectivity index (χ0v) is 11.8. The zero-order chi connectivity index (χ0) is 13.7. The lowest BCUT2D eigenvalue weighted by Crippen LogP contribution is -2.10. The summed E-state index contributed by atoms with van der Waals surface area (Å²) in [6, 6.07) is 9.72. The van der Waals surface area contributed by atoms with Crippen molar-refractivity contribution in [2.45, 2.75) is 19.9 Å². The lowest BCUT2D eigenvalue weighted by atomic mass is 10.1. The maximum Gasteiger partial charge on any atom is 0.224 e. The van der Waals surface area contributed by atoms with E-state index >= 15 is 0 Å². The summed E-state index contributed by atoms with van der Waals surface area (Å²) < 4.78 is 0. The van der Waals surface area contributed by atoms with Gasteiger partial charge in [0.1, 0.15) is 5.82 Å². The third kappa shape index (κ3) is 3.58. The van der Waals surface area contributed by atoms with E-state index in [1.807, 2.05) is 37.3 Å². The van der Waals surface area contributed by atoms with Crippen molar-refractivity contribution < 1.29 is 0 Å². The molecule has 2 N–H and O–H groups in total. The summed E-state index contributed by atoms with van der Waals surface area (Å²) in [6.07, 6.45) is 1.73. The highest BCUT2D eigenvalue weighted by Gasteiger charge is 2.09. The summed E-state index contributed by atoms with van der Waals surface area (Å²) in [7, 11) is 0. The van der Waals surface area contributed by atoms with Gasteiger partial charge in [0.2, 0.25) is 5.95 Å². The number of hydrogen-bond donors (Lipinski definition) is 2. The molecular formula is C14H17ClN4. The van der Waals surface area contributed by atoms with Gasteiger partial charge in [0.15, 0.2) is 0 Å². The molecule has 0 aliphatic heterocycles. The molecule has 1 unspecified atom stereocenters. The van der Waals surface area contributed by atoms with Crippen molar-refractivity contribution in [2.75, 3.05) is 17.2 Å². The Morgan fingerprint density at radius 3 is 2.79 bits per heavy atom. The van der Waals surface area contributed by atoms with Crippen molar-refractivity contribution in [3.8, 4) is 0 Å². The van der Waals surface area contributed by atoms with Gasteiger partial charge in [-0.1, -0.05) is 29.8 Å². The molecule has 0 saturated heterocycles. The Bertz CT molecular complexity index is 544. The summed E-state index contributed by atoms with van der Waals surface area (Å²) in [5.41, 5.74) is 1.05. The molecule has 19 heavy (non-hydrogen) atoms. The molecule has 1 heterocycles. The van der Waals surface area contributed by atoms with Gasteiger partial charge in [0.05, 0.1) is 6.04 Å². The first-order chi connectivity index (χ1) is 9.20. The van der Waals surface area contributed by atoms with Crippen LogP contribution in [0.25, 0.3) is 0 Å². The lowest BCUT2D eigenvalue weighted by molar-refractivity contribution is 0.872. The molecule has 0 saturated carbocycles. The van der Waals surface area contributed by atoms with Crippen LogP contribution in [0.2, 0.25) is 5.02 Å². The van der Waals surface area contributed by atoms with Crippen LogP contribution in [0.1, 0.15) is 25.5 Å². The Hall–Kier alpha value is -1.81. The molecule has 1 atom stereocenters. The molecule has 100 valence electrons. The Kier molecular flexibility index (Phi) is 4.58. The Labute approximate surface area is 118 Å². The molecule has 0 radical (unpaired) electrons. The van der Waals surface area contributed by atoms with Crippen LogP contribution in [0.5, 0.6) is 0 Å². The average molecular weight is 277 g/mol. The van der Waals surface area contributed by atoms with Crippen molar-refractivity contribution in [2.24, 2.45) is 0 Å². The second-order valence-corrected chi connectivity index (χ2v) is 4.59. The molecule has 0 amide bonds. The summed E-state index contributed by atoms with van der Waals surface area (Å²) in [5, 5.41) is 7.16. The highest BCUT2D eigenvalue weighted by atomic mass is 35.5. The molecule has 0 fully saturated rings. The van der Waals surface area contributed by atoms with Gasteiger partial charge in [0, 0.05) is 17.8 Å². The number of hydrogen-bond acceptors (Lipinski definition) is 4. The third-order valence-corrected chi connectivity index (χ3v) is 3.07. The van der Waals surface area contributed by atoms with Crippen molar-refractivity contribution in [1.29, 1.82) is 0 Å². The monoisotopic (exact) mass is 276 g/mol. The van der Waals surface area contributed by atoms with Crippen LogP contribution in [-0.4, -0.2) is 16.5 Å². The Balaban J connectivity index is 2.12. The van der Waals surface area contributed by atoms with Gasteiger partial charge in [-0.2, -0.15) is 4.98 Å². The van der Waals surface area contributed by atoms with Crippen LogP contribution in [0.15, 0.2) is 36.5 Å². The standard InChI is InChI=1S/C14H17ClN4/c1-3-16-14-17-9-8-13(19-14)18-10(2)11-6-4-5-7-12(11)15/h4-10H,3H2,1-2H3,(H2,16,17,18,19). The SMILES string of the molecule is CCNc1nccc(NC(C)c2ccccc2Cl)n1. The fourth-order valence-corrected chi connectivity index (χ4v) is 2.11. The Morgan fingerprint density at radius 2 is 2.05 bits per heavy atom. The fraction of sp³-hybridized carbons (Fsp3) is 0.286. The number of halogens is 1. The van der Waals surface area contributed by atoms with Crippen molar-refractivity contribution >= 4 is 23.4 Å². The molecule has 0 aliphatic carbocycles. The van der Waals surface area contributed by atoms with Gasteiger partial charge in [-0.05, 0) is 31.5 Å². The maximum absolute atomic E-state index is 6.18. The molecule has 5 heteroatoms. The maximum atomic E-state index is 6.18. The van der Waals surface area contributed by atoms with E-state index in [-0.39, 0.29) is 6.04 Å². The van der Waals surface area contributed by atoms with E-state index in [2.05, 4.69) is 27.5 Å². The minimum absolute atomic E-state index is 0.0816. The van der Waals surface area contributed by atoms with E-state index in [0.717, 1.165) is 22.9 Å². The van der Waals surface area contributed by atoms with Gasteiger partial charge in [-0.15, -0.1) is 0 Å². The molecule has 1 aromatic carbocycles. The zero-order valence-electron chi connectivity index (χ0n) is 11.0. The summed E-state index contributed by atoms with van der Waals surface area (Å²) in [5.74, 6) is 1.40. The first kappa shape index (κ1) is 13.6. The fourth-order valence-electron chi connectivity index (χ4n) is 1.81. The summed E-state index contributed by atoms with van der Waals surface area (Å²) in [4.78, 5) is 8.52. The highest BCUT2D eigenvalue weighted by molar-refractivity contribution is 6.31. The van der Waals surface area contributed by atoms with E-state index in [0.29, 0.717) is 5.95 Å². The molecule has 2 rings (SSSR count). The number of benzene rings is 1. The molecule has 0 aliphatic rings. The van der Waals surface area contributed by atoms with Crippen molar-refractivity contribution in [3.05, 3.63) is 47.1 Å². The molecule has 1 aromatic heterocycles. The number of aromatic nitrogens is 2. The molecular weight excluding hydrogens is 260 g/mol. The average Bonchev–Trinajstić information content (AvgIpc) is 2.40. The van der Waals surface area contributed by atoms with E-state index in [4.69, 9.17) is 11.6 Å². The predicted molar refractivity (Wildman–Crippen MR) is 79.7 cm³/mol. The lowest BCUT2D eigenvalue weighted by Gasteiger charge is -2.16. The number of nitrogens with zero attached hydrogens (tertiary/aromatic N) is 2. The van der Waals surface area contributed by atoms with Gasteiger partial charge in [0.25, 0.3) is 0 Å². The van der Waals surface area contributed by atoms with Crippen LogP contribution in [0, 0.1) is 0 Å². The Morgan fingerprint density at radius 1 is 1.26 bits per heavy atom. The van der Waals surface area contributed by atoms with Crippen LogP contribution in [0.4, 0.5) is 11.8 Å². The van der Waals surface area contributed by atoms with Crippen molar-refractivity contribution in [1.82, 2.24) is 9.97 Å². The molecule has 2 aromatic rings. The largest absolute Gasteiger partial charge is 0.363 e. The quantitative estimate of drug-likeness (QED) is 0.874. The summed E-state index contributed by atoms with van der Waals surface area (Å²) in [6.45, 7) is 4.86. The van der Waals surface area contributed by atoms with Crippen LogP contribution >= 0.6 is 11.6 Å². The van der Waals surface area contributed by atoms with E-state index in [1.54, 1.807) is 6.20 Å². The first-order valence-corrected chi connectivity index (χ1v) is 6.66. The van der Waals surface area contributed by atoms with E-state index in [1.165, 1.54) is 0 Å². The highest BCUT2D eigenvalue weighted by Crippen LogP contribution is 2.25. The van der Waals surface area contributed by atoms with Gasteiger partial charge >= 0.3 is 0 Å². The van der Waals surface area contributed by atoms with Crippen LogP contribution < -0.4 is 10.6 Å². The topological polar surface area (TPSA) is 49.8 Å². The van der Waals surface area contributed by atoms with Gasteiger partial charge < -0.3 is 10.6 Å². The third-order valence-electron chi connectivity index (χ3n) is 2.73. The van der Waals surface area contributed by atoms with E-state index in [9.17, 15) is 0 Å². The minimum atomic E-state index is 0.0816. The van der Waals surface area contributed by atoms with E-state index < -0.39 is 0 Å². The molecule has 4 nitrogen and oxygen atoms in total. The first-order valence-electron chi connectivity index (χ1n) is 6.28. The van der Waals surface area contributed by atoms with Gasteiger partial charge in [-0.25, -0.2) is 4.98 Å². The minimum Gasteiger partial charge on any atom is -0.363 e. The van der Waals surface area contributed by atoms with Crippen molar-refractivity contribution in [3.63, 3.8) is 0 Å². The van der Waals surface area contributed by atoms with Crippen LogP contribution in [0.3, 0.4) is 0 Å². The number of nitrogens with one attached hydrogen (secondary N) is 2. The van der Waals surface area contributed by atoms with Gasteiger partial charge in [-0.3, -0.25) is 0 Å². The second kappa shape index (κ2) is 6.38. The number of anilines is 2. The molecule has 0 spiro atoms. The normalized spacial score (nSPS) is 11.9. The summed E-state index contributed by atoms with van der Waals surface area (Å²) >= 11 is 6.18. The molecule has 0 bridgehead atoms. The number of rotatable bonds is 5. The smallest absolute Gasteiger partial charge is 0.224 e. The van der Waals surface area contributed by atoms with Crippen LogP contribution in [-0.2, 0) is 0 Å².